The molecule has 0 fully saturated rings. The fourth-order valence-electron chi connectivity index (χ4n) is 1.19. The summed E-state index contributed by atoms with van der Waals surface area (Å²) < 4.78 is 18.4. The molecule has 0 unspecified atom stereocenters. The zero-order valence-corrected chi connectivity index (χ0v) is 8.59. The summed E-state index contributed by atoms with van der Waals surface area (Å²) >= 11 is 0. The summed E-state index contributed by atoms with van der Waals surface area (Å²) in [5.41, 5.74) is 0.581. The number of benzene rings is 1. The maximum atomic E-state index is 13.5. The molecule has 0 saturated heterocycles. The molecule has 14 heavy (non-hydrogen) atoms. The molecule has 1 aromatic rings. The van der Waals surface area contributed by atoms with Gasteiger partial charge < -0.3 is 4.74 Å². The second-order valence-electron chi connectivity index (χ2n) is 3.05. The average Bonchev–Trinajstić information content (AvgIpc) is 2.21. The molecule has 0 atom stereocenters. The standard InChI is InChI=1S/C12H15FO/c1-3-4-5-7-10-8-6-9-11(14-2)12(10)13/h5-9H,3-4H2,1-2H3. The fraction of sp³-hybridized carbons (Fsp3) is 0.333. The van der Waals surface area contributed by atoms with Crippen LogP contribution in [0.2, 0.25) is 0 Å². The summed E-state index contributed by atoms with van der Waals surface area (Å²) in [6, 6.07) is 5.14. The van der Waals surface area contributed by atoms with E-state index in [2.05, 4.69) is 6.92 Å². The van der Waals surface area contributed by atoms with Crippen LogP contribution in [0.15, 0.2) is 24.3 Å². The third kappa shape index (κ3) is 2.59. The van der Waals surface area contributed by atoms with Crippen LogP contribution in [0.3, 0.4) is 0 Å². The van der Waals surface area contributed by atoms with Gasteiger partial charge in [-0.05, 0) is 12.5 Å². The molecule has 1 aromatic carbocycles. The number of halogens is 1. The third-order valence-corrected chi connectivity index (χ3v) is 1.97. The summed E-state index contributed by atoms with van der Waals surface area (Å²) in [5.74, 6) is 0.00556. The van der Waals surface area contributed by atoms with Crippen molar-refractivity contribution in [3.63, 3.8) is 0 Å². The van der Waals surface area contributed by atoms with E-state index in [1.807, 2.05) is 6.08 Å². The second-order valence-corrected chi connectivity index (χ2v) is 3.05. The molecular weight excluding hydrogens is 179 g/mol. The predicted octanol–water partition coefficient (Wildman–Crippen LogP) is 3.65. The van der Waals surface area contributed by atoms with E-state index in [-0.39, 0.29) is 5.82 Å². The number of allylic oxidation sites excluding steroid dienone is 1. The van der Waals surface area contributed by atoms with Crippen molar-refractivity contribution in [1.29, 1.82) is 0 Å². The molecule has 0 aliphatic carbocycles. The topological polar surface area (TPSA) is 9.23 Å². The molecule has 0 N–H and O–H groups in total. The molecule has 0 aliphatic heterocycles. The van der Waals surface area contributed by atoms with Gasteiger partial charge in [-0.2, -0.15) is 0 Å². The van der Waals surface area contributed by atoms with Crippen LogP contribution < -0.4 is 4.74 Å². The molecule has 0 spiro atoms. The lowest BCUT2D eigenvalue weighted by molar-refractivity contribution is 0.386. The van der Waals surface area contributed by atoms with E-state index in [9.17, 15) is 4.39 Å². The Bertz CT molecular complexity index is 318. The quantitative estimate of drug-likeness (QED) is 0.711. The van der Waals surface area contributed by atoms with E-state index in [0.717, 1.165) is 12.8 Å². The molecule has 1 rings (SSSR count). The highest BCUT2D eigenvalue weighted by Crippen LogP contribution is 2.20. The van der Waals surface area contributed by atoms with Crippen molar-refractivity contribution in [2.24, 2.45) is 0 Å². The Morgan fingerprint density at radius 3 is 2.86 bits per heavy atom. The summed E-state index contributed by atoms with van der Waals surface area (Å²) in [7, 11) is 1.47. The first kappa shape index (κ1) is 10.8. The second kappa shape index (κ2) is 5.43. The molecule has 0 aromatic heterocycles. The summed E-state index contributed by atoms with van der Waals surface area (Å²) in [4.78, 5) is 0. The lowest BCUT2D eigenvalue weighted by Gasteiger charge is -2.03. The zero-order valence-electron chi connectivity index (χ0n) is 8.59. The third-order valence-electron chi connectivity index (χ3n) is 1.97. The Hall–Kier alpha value is -1.31. The monoisotopic (exact) mass is 194 g/mol. The first-order valence-corrected chi connectivity index (χ1v) is 4.78. The van der Waals surface area contributed by atoms with Crippen molar-refractivity contribution < 1.29 is 9.13 Å². The van der Waals surface area contributed by atoms with Gasteiger partial charge in [0, 0.05) is 5.56 Å². The number of hydrogen-bond donors (Lipinski definition) is 0. The van der Waals surface area contributed by atoms with Crippen molar-refractivity contribution in [1.82, 2.24) is 0 Å². The van der Waals surface area contributed by atoms with E-state index in [4.69, 9.17) is 4.74 Å². The van der Waals surface area contributed by atoms with Gasteiger partial charge in [-0.3, -0.25) is 0 Å². The van der Waals surface area contributed by atoms with E-state index in [1.54, 1.807) is 24.3 Å². The van der Waals surface area contributed by atoms with Gasteiger partial charge in [0.2, 0.25) is 0 Å². The lowest BCUT2D eigenvalue weighted by atomic mass is 10.1. The van der Waals surface area contributed by atoms with Crippen LogP contribution in [0.5, 0.6) is 5.75 Å². The molecule has 76 valence electrons. The minimum Gasteiger partial charge on any atom is -0.494 e. The van der Waals surface area contributed by atoms with Gasteiger partial charge in [-0.25, -0.2) is 4.39 Å². The van der Waals surface area contributed by atoms with Crippen LogP contribution in [0.1, 0.15) is 25.3 Å². The molecular formula is C12H15FO. The highest BCUT2D eigenvalue weighted by molar-refractivity contribution is 5.52. The smallest absolute Gasteiger partial charge is 0.172 e. The predicted molar refractivity (Wildman–Crippen MR) is 56.9 cm³/mol. The molecule has 0 radical (unpaired) electrons. The molecule has 1 nitrogen and oxygen atoms in total. The summed E-state index contributed by atoms with van der Waals surface area (Å²) in [6.07, 6.45) is 5.80. The van der Waals surface area contributed by atoms with Crippen LogP contribution in [-0.2, 0) is 0 Å². The minimum absolute atomic E-state index is 0.289. The van der Waals surface area contributed by atoms with Crippen molar-refractivity contribution >= 4 is 6.08 Å². The average molecular weight is 194 g/mol. The fourth-order valence-corrected chi connectivity index (χ4v) is 1.19. The van der Waals surface area contributed by atoms with E-state index >= 15 is 0 Å². The Labute approximate surface area is 84.2 Å². The van der Waals surface area contributed by atoms with Crippen LogP contribution in [0.25, 0.3) is 6.08 Å². The van der Waals surface area contributed by atoms with E-state index < -0.39 is 0 Å². The van der Waals surface area contributed by atoms with Gasteiger partial charge in [0.1, 0.15) is 0 Å². The minimum atomic E-state index is -0.289. The van der Waals surface area contributed by atoms with Crippen LogP contribution in [0.4, 0.5) is 4.39 Å². The largest absolute Gasteiger partial charge is 0.494 e. The first-order chi connectivity index (χ1) is 6.79. The van der Waals surface area contributed by atoms with Gasteiger partial charge in [0.05, 0.1) is 7.11 Å². The van der Waals surface area contributed by atoms with E-state index in [1.165, 1.54) is 7.11 Å². The number of hydrogen-bond acceptors (Lipinski definition) is 1. The van der Waals surface area contributed by atoms with Crippen LogP contribution >= 0.6 is 0 Å². The van der Waals surface area contributed by atoms with Crippen molar-refractivity contribution in [3.8, 4) is 5.75 Å². The highest BCUT2D eigenvalue weighted by Gasteiger charge is 2.04. The number of methoxy groups -OCH3 is 1. The van der Waals surface area contributed by atoms with Crippen LogP contribution in [-0.4, -0.2) is 7.11 Å². The van der Waals surface area contributed by atoms with Gasteiger partial charge in [-0.15, -0.1) is 0 Å². The highest BCUT2D eigenvalue weighted by atomic mass is 19.1. The Morgan fingerprint density at radius 2 is 2.21 bits per heavy atom. The molecule has 0 aliphatic rings. The SMILES string of the molecule is CCCC=Cc1cccc(OC)c1F. The van der Waals surface area contributed by atoms with Gasteiger partial charge in [-0.1, -0.05) is 37.6 Å². The Kier molecular flexibility index (Phi) is 4.17. The summed E-state index contributed by atoms with van der Waals surface area (Å²) in [5, 5.41) is 0. The molecule has 0 saturated carbocycles. The van der Waals surface area contributed by atoms with Crippen molar-refractivity contribution in [2.45, 2.75) is 19.8 Å². The maximum Gasteiger partial charge on any atom is 0.172 e. The Balaban J connectivity index is 2.86. The lowest BCUT2D eigenvalue weighted by Crippen LogP contribution is -1.89. The van der Waals surface area contributed by atoms with Crippen LogP contribution in [0, 0.1) is 5.82 Å². The molecule has 0 bridgehead atoms. The number of rotatable bonds is 4. The van der Waals surface area contributed by atoms with E-state index in [0.29, 0.717) is 11.3 Å². The maximum absolute atomic E-state index is 13.5. The Morgan fingerprint density at radius 1 is 1.43 bits per heavy atom. The van der Waals surface area contributed by atoms with Crippen molar-refractivity contribution in [2.75, 3.05) is 7.11 Å². The van der Waals surface area contributed by atoms with Gasteiger partial charge in [0.25, 0.3) is 0 Å². The summed E-state index contributed by atoms with van der Waals surface area (Å²) in [6.45, 7) is 2.09. The molecule has 0 amide bonds. The van der Waals surface area contributed by atoms with Gasteiger partial charge in [0.15, 0.2) is 11.6 Å². The van der Waals surface area contributed by atoms with Crippen molar-refractivity contribution in [3.05, 3.63) is 35.7 Å². The first-order valence-electron chi connectivity index (χ1n) is 4.78. The molecule has 2 heteroatoms. The normalized spacial score (nSPS) is 10.8. The zero-order chi connectivity index (χ0) is 10.4. The molecule has 0 heterocycles. The van der Waals surface area contributed by atoms with Gasteiger partial charge >= 0.3 is 0 Å². The number of ether oxygens (including phenoxy) is 1. The number of unbranched alkanes of at least 4 members (excludes halogenated alkanes) is 1.